The van der Waals surface area contributed by atoms with Crippen LogP contribution in [0.1, 0.15) is 36.8 Å². The molecule has 2 bridgehead atoms. The summed E-state index contributed by atoms with van der Waals surface area (Å²) in [6.07, 6.45) is 6.59. The Morgan fingerprint density at radius 2 is 1.60 bits per heavy atom. The van der Waals surface area contributed by atoms with Crippen molar-refractivity contribution < 1.29 is 4.79 Å². The number of fused-ring (bicyclic) bond motifs is 3. The number of amides is 1. The number of hydrogen-bond acceptors (Lipinski definition) is 1. The van der Waals surface area contributed by atoms with Crippen molar-refractivity contribution in [2.75, 3.05) is 0 Å². The second kappa shape index (κ2) is 4.87. The van der Waals surface area contributed by atoms with E-state index in [4.69, 9.17) is 0 Å². The van der Waals surface area contributed by atoms with Crippen LogP contribution in [-0.2, 0) is 17.6 Å². The van der Waals surface area contributed by atoms with Crippen molar-refractivity contribution in [1.82, 2.24) is 4.90 Å². The van der Waals surface area contributed by atoms with E-state index in [2.05, 4.69) is 45.1 Å². The molecule has 20 heavy (non-hydrogen) atoms. The molecule has 1 amide bonds. The number of benzene rings is 1. The van der Waals surface area contributed by atoms with E-state index >= 15 is 0 Å². The molecule has 1 aromatic rings. The molecule has 1 aliphatic carbocycles. The van der Waals surface area contributed by atoms with Crippen molar-refractivity contribution in [2.45, 2.75) is 55.4 Å². The van der Waals surface area contributed by atoms with E-state index in [0.717, 1.165) is 25.7 Å². The predicted octanol–water partition coefficient (Wildman–Crippen LogP) is 3.32. The third kappa shape index (κ3) is 2.02. The van der Waals surface area contributed by atoms with Gasteiger partial charge in [-0.25, -0.2) is 0 Å². The molecule has 4 rings (SSSR count). The van der Waals surface area contributed by atoms with Crippen molar-refractivity contribution in [3.8, 4) is 0 Å². The van der Waals surface area contributed by atoms with E-state index in [1.165, 1.54) is 24.0 Å². The molecule has 2 nitrogen and oxygen atoms in total. The molecule has 0 aromatic heterocycles. The second-order valence-electron chi connectivity index (χ2n) is 6.57. The molecule has 106 valence electrons. The number of carbonyl (C=O) groups is 1. The van der Waals surface area contributed by atoms with Gasteiger partial charge in [-0.2, -0.15) is 0 Å². The molecule has 1 aromatic carbocycles. The van der Waals surface area contributed by atoms with Gasteiger partial charge in [0.15, 0.2) is 0 Å². The van der Waals surface area contributed by atoms with Crippen molar-refractivity contribution in [3.05, 3.63) is 35.4 Å². The van der Waals surface area contributed by atoms with Gasteiger partial charge in [0.1, 0.15) is 0 Å². The Hall–Kier alpha value is -0.830. The topological polar surface area (TPSA) is 20.3 Å². The van der Waals surface area contributed by atoms with Gasteiger partial charge in [0.25, 0.3) is 0 Å². The molecule has 2 saturated heterocycles. The van der Waals surface area contributed by atoms with Gasteiger partial charge in [-0.1, -0.05) is 40.2 Å². The Morgan fingerprint density at radius 3 is 2.15 bits per heavy atom. The monoisotopic (exact) mass is 333 g/mol. The number of halogens is 1. The summed E-state index contributed by atoms with van der Waals surface area (Å²) in [7, 11) is 0. The van der Waals surface area contributed by atoms with Gasteiger partial charge in [-0.3, -0.25) is 4.79 Å². The van der Waals surface area contributed by atoms with Crippen LogP contribution in [0.4, 0.5) is 0 Å². The van der Waals surface area contributed by atoms with E-state index in [1.807, 2.05) is 0 Å². The Kier molecular flexibility index (Phi) is 3.13. The van der Waals surface area contributed by atoms with Crippen molar-refractivity contribution in [3.63, 3.8) is 0 Å². The summed E-state index contributed by atoms with van der Waals surface area (Å²) in [5.74, 6) is 0.621. The second-order valence-corrected chi connectivity index (χ2v) is 7.87. The van der Waals surface area contributed by atoms with Crippen LogP contribution in [0.25, 0.3) is 0 Å². The maximum atomic E-state index is 12.9. The summed E-state index contributed by atoms with van der Waals surface area (Å²) < 4.78 is 0. The first-order valence-corrected chi connectivity index (χ1v) is 8.67. The average Bonchev–Trinajstić information content (AvgIpc) is 2.98. The lowest BCUT2D eigenvalue weighted by molar-refractivity contribution is -0.139. The summed E-state index contributed by atoms with van der Waals surface area (Å²) in [5, 5.41) is 0. The van der Waals surface area contributed by atoms with Crippen LogP contribution in [0.5, 0.6) is 0 Å². The maximum absolute atomic E-state index is 12.9. The quantitative estimate of drug-likeness (QED) is 0.722. The third-order valence-electron chi connectivity index (χ3n) is 5.33. The number of hydrogen-bond donors (Lipinski definition) is 0. The lowest BCUT2D eigenvalue weighted by Crippen LogP contribution is -2.49. The van der Waals surface area contributed by atoms with Gasteiger partial charge in [0.05, 0.1) is 0 Å². The highest BCUT2D eigenvalue weighted by atomic mass is 79.9. The number of nitrogens with zero attached hydrogens (tertiary/aromatic N) is 1. The molecule has 2 fully saturated rings. The molecule has 0 spiro atoms. The molecule has 3 heteroatoms. The first kappa shape index (κ1) is 12.9. The maximum Gasteiger partial charge on any atom is 0.226 e. The van der Waals surface area contributed by atoms with Crippen molar-refractivity contribution in [1.29, 1.82) is 0 Å². The van der Waals surface area contributed by atoms with Gasteiger partial charge in [-0.15, -0.1) is 0 Å². The third-order valence-corrected chi connectivity index (χ3v) is 6.08. The molecule has 0 radical (unpaired) electrons. The fraction of sp³-hybridized carbons (Fsp3) is 0.588. The van der Waals surface area contributed by atoms with Crippen LogP contribution in [0.3, 0.4) is 0 Å². The van der Waals surface area contributed by atoms with Crippen LogP contribution in [0.15, 0.2) is 24.3 Å². The summed E-state index contributed by atoms with van der Waals surface area (Å²) in [5.41, 5.74) is 2.77. The van der Waals surface area contributed by atoms with E-state index < -0.39 is 0 Å². The summed E-state index contributed by atoms with van der Waals surface area (Å²) in [6.45, 7) is 0. The zero-order valence-electron chi connectivity index (χ0n) is 11.6. The van der Waals surface area contributed by atoms with Crippen molar-refractivity contribution >= 4 is 21.8 Å². The standard InChI is InChI=1S/C17H20BrNO/c18-14-9-15-5-6-16(10-14)19(15)17(20)13-7-11-3-1-2-4-12(11)8-13/h1-4,13-16H,5-10H2. The summed E-state index contributed by atoms with van der Waals surface area (Å²) in [6, 6.07) is 9.53. The molecule has 0 N–H and O–H groups in total. The average molecular weight is 334 g/mol. The SMILES string of the molecule is O=C(C1Cc2ccccc2C1)N1C2CCC1CC(Br)C2. The Morgan fingerprint density at radius 1 is 1.05 bits per heavy atom. The van der Waals surface area contributed by atoms with Crippen LogP contribution >= 0.6 is 15.9 Å². The molecule has 2 heterocycles. The number of piperidine rings is 1. The first-order valence-electron chi connectivity index (χ1n) is 7.75. The smallest absolute Gasteiger partial charge is 0.226 e. The minimum absolute atomic E-state index is 0.197. The van der Waals surface area contributed by atoms with E-state index in [-0.39, 0.29) is 5.92 Å². The van der Waals surface area contributed by atoms with Gasteiger partial charge in [0.2, 0.25) is 5.91 Å². The number of rotatable bonds is 1. The van der Waals surface area contributed by atoms with Crippen molar-refractivity contribution in [2.24, 2.45) is 5.92 Å². The number of alkyl halides is 1. The Balaban J connectivity index is 1.52. The minimum atomic E-state index is 0.197. The zero-order valence-corrected chi connectivity index (χ0v) is 13.2. The van der Waals surface area contributed by atoms with Gasteiger partial charge < -0.3 is 4.90 Å². The molecule has 2 unspecified atom stereocenters. The lowest BCUT2D eigenvalue weighted by Gasteiger charge is -2.38. The largest absolute Gasteiger partial charge is 0.336 e. The molecule has 0 saturated carbocycles. The highest BCUT2D eigenvalue weighted by Crippen LogP contribution is 2.40. The molecule has 2 atom stereocenters. The van der Waals surface area contributed by atoms with E-state index in [1.54, 1.807) is 0 Å². The fourth-order valence-corrected chi connectivity index (χ4v) is 5.28. The molecule has 2 aliphatic heterocycles. The van der Waals surface area contributed by atoms with Crippen LogP contribution in [-0.4, -0.2) is 27.7 Å². The normalized spacial score (nSPS) is 32.5. The highest BCUT2D eigenvalue weighted by molar-refractivity contribution is 9.09. The zero-order chi connectivity index (χ0) is 13.7. The molecular formula is C17H20BrNO. The van der Waals surface area contributed by atoms with E-state index in [9.17, 15) is 4.79 Å². The minimum Gasteiger partial charge on any atom is -0.336 e. The number of carbonyl (C=O) groups excluding carboxylic acids is 1. The first-order chi connectivity index (χ1) is 9.72. The summed E-state index contributed by atoms with van der Waals surface area (Å²) >= 11 is 3.75. The van der Waals surface area contributed by atoms with Gasteiger partial charge in [-0.05, 0) is 49.7 Å². The van der Waals surface area contributed by atoms with Gasteiger partial charge in [0, 0.05) is 22.8 Å². The Bertz CT molecular complexity index is 505. The fourth-order valence-electron chi connectivity index (χ4n) is 4.41. The van der Waals surface area contributed by atoms with Crippen LogP contribution < -0.4 is 0 Å². The molecular weight excluding hydrogens is 314 g/mol. The van der Waals surface area contributed by atoms with E-state index in [0.29, 0.717) is 22.8 Å². The van der Waals surface area contributed by atoms with Crippen LogP contribution in [0.2, 0.25) is 0 Å². The lowest BCUT2D eigenvalue weighted by atomic mass is 9.98. The Labute approximate surface area is 128 Å². The summed E-state index contributed by atoms with van der Waals surface area (Å²) in [4.78, 5) is 15.8. The molecule has 3 aliphatic rings. The van der Waals surface area contributed by atoms with Gasteiger partial charge >= 0.3 is 0 Å². The van der Waals surface area contributed by atoms with Crippen LogP contribution in [0, 0.1) is 5.92 Å². The predicted molar refractivity (Wildman–Crippen MR) is 82.9 cm³/mol. The highest BCUT2D eigenvalue weighted by Gasteiger charge is 2.44.